The quantitative estimate of drug-likeness (QED) is 0.0901. The number of nitrogens with zero attached hydrogens (tertiary/aromatic N) is 10. The Labute approximate surface area is 321 Å². The minimum absolute atomic E-state index is 0. The molecule has 312 valence electrons. The predicted molar refractivity (Wildman–Crippen MR) is 189 cm³/mol. The van der Waals surface area contributed by atoms with Gasteiger partial charge in [-0.15, -0.1) is 0 Å². The van der Waals surface area contributed by atoms with Crippen molar-refractivity contribution in [2.24, 2.45) is 10.2 Å². The van der Waals surface area contributed by atoms with Gasteiger partial charge in [0.05, 0.1) is 6.61 Å². The van der Waals surface area contributed by atoms with Crippen LogP contribution in [0.3, 0.4) is 0 Å². The Kier molecular flexibility index (Phi) is 17.1. The number of ether oxygens (including phenoxy) is 7. The van der Waals surface area contributed by atoms with Crippen molar-refractivity contribution in [1.82, 2.24) is 19.1 Å². The van der Waals surface area contributed by atoms with Crippen LogP contribution in [-0.2, 0) is 57.1 Å². The zero-order chi connectivity index (χ0) is 41.2. The van der Waals surface area contributed by atoms with Crippen LogP contribution in [0.2, 0.25) is 0 Å². The Balaban J connectivity index is 0.000000554. The highest BCUT2D eigenvalue weighted by molar-refractivity contribution is 5.68. The molecule has 2 fully saturated rings. The van der Waals surface area contributed by atoms with E-state index in [9.17, 15) is 38.7 Å². The van der Waals surface area contributed by atoms with Crippen LogP contribution >= 0.6 is 0 Å². The minimum Gasteiger partial charge on any atom is -0.462 e. The molecule has 0 radical (unpaired) electrons. The number of hydrogen-bond donors (Lipinski definition) is 3. The topological polar surface area (TPSA) is 390 Å². The lowest BCUT2D eigenvalue weighted by Crippen LogP contribution is -2.49. The summed E-state index contributed by atoms with van der Waals surface area (Å²) in [5, 5.41) is 16.6. The molecule has 27 nitrogen and oxygen atoms in total. The number of aromatic nitrogens is 4. The molecule has 0 amide bonds. The van der Waals surface area contributed by atoms with Crippen LogP contribution in [0.4, 0.5) is 11.6 Å². The van der Waals surface area contributed by atoms with Crippen LogP contribution in [-0.4, -0.2) is 103 Å². The third kappa shape index (κ3) is 11.4. The van der Waals surface area contributed by atoms with E-state index in [1.165, 1.54) is 24.5 Å². The Morgan fingerprint density at radius 2 is 1.11 bits per heavy atom. The average Bonchev–Trinajstić information content (AvgIpc) is 3.51. The lowest BCUT2D eigenvalue weighted by Gasteiger charge is -2.29. The van der Waals surface area contributed by atoms with Crippen molar-refractivity contribution < 1.29 is 62.2 Å². The summed E-state index contributed by atoms with van der Waals surface area (Å²) >= 11 is 0. The van der Waals surface area contributed by atoms with Gasteiger partial charge in [0.2, 0.25) is 11.4 Å². The number of nitrogens with two attached hydrogens (primary N) is 2. The summed E-state index contributed by atoms with van der Waals surface area (Å²) in [6.45, 7) is 3.77. The van der Waals surface area contributed by atoms with E-state index in [2.05, 4.69) is 30.0 Å². The smallest absolute Gasteiger partial charge is 0.351 e. The molecule has 2 aliphatic heterocycles. The van der Waals surface area contributed by atoms with Crippen LogP contribution < -0.4 is 22.8 Å². The van der Waals surface area contributed by atoms with E-state index in [0.717, 1.165) is 43.8 Å². The Bertz CT molecular complexity index is 2030. The lowest BCUT2D eigenvalue weighted by molar-refractivity contribution is -0.176. The van der Waals surface area contributed by atoms with E-state index in [-0.39, 0.29) is 26.5 Å². The average molecular weight is 811 g/mol. The number of carbonyl (C=O) groups excluding carboxylic acids is 5. The van der Waals surface area contributed by atoms with Crippen LogP contribution in [0, 0.1) is 0 Å². The number of aliphatic hydroxyl groups excluding tert-OH is 1. The van der Waals surface area contributed by atoms with Crippen molar-refractivity contribution in [2.45, 2.75) is 97.8 Å². The third-order valence-corrected chi connectivity index (χ3v) is 7.28. The number of nitrogen functional groups attached to an aromatic ring is 2. The summed E-state index contributed by atoms with van der Waals surface area (Å²) in [6.07, 6.45) is -6.34. The summed E-state index contributed by atoms with van der Waals surface area (Å²) in [5.74, 6) is -4.13. The first-order chi connectivity index (χ1) is 25.8. The largest absolute Gasteiger partial charge is 0.462 e. The zero-order valence-electron chi connectivity index (χ0n) is 29.5. The minimum atomic E-state index is -2.13. The molecule has 0 bridgehead atoms. The van der Waals surface area contributed by atoms with Gasteiger partial charge in [-0.1, -0.05) is 25.1 Å². The van der Waals surface area contributed by atoms with Crippen LogP contribution in [0.25, 0.3) is 20.9 Å². The maximum Gasteiger partial charge on any atom is 0.351 e. The number of azide groups is 2. The normalized spacial score (nSPS) is 25.5. The Morgan fingerprint density at radius 3 is 1.44 bits per heavy atom. The van der Waals surface area contributed by atoms with Gasteiger partial charge in [-0.25, -0.2) is 9.59 Å². The summed E-state index contributed by atoms with van der Waals surface area (Å²) in [5.41, 5.74) is 22.8. The molecule has 2 saturated heterocycles. The van der Waals surface area contributed by atoms with Gasteiger partial charge in [0, 0.05) is 56.8 Å². The van der Waals surface area contributed by atoms with Gasteiger partial charge in [0.15, 0.2) is 36.9 Å². The van der Waals surface area contributed by atoms with Gasteiger partial charge in [0.25, 0.3) is 0 Å². The molecule has 57 heavy (non-hydrogen) atoms. The molecule has 0 saturated carbocycles. The van der Waals surface area contributed by atoms with E-state index in [1.54, 1.807) is 0 Å². The molecule has 2 aliphatic rings. The van der Waals surface area contributed by atoms with Gasteiger partial charge >= 0.3 is 41.2 Å². The second kappa shape index (κ2) is 20.2. The van der Waals surface area contributed by atoms with Crippen molar-refractivity contribution in [1.29, 1.82) is 0 Å². The maximum absolute atomic E-state index is 12.3. The molecule has 0 aromatic carbocycles. The van der Waals surface area contributed by atoms with Gasteiger partial charge in [-0.2, -0.15) is 9.97 Å². The monoisotopic (exact) mass is 810 g/mol. The molecule has 5 N–H and O–H groups in total. The number of hydrogen-bond acceptors (Lipinski definition) is 21. The molecule has 0 spiro atoms. The molecule has 2 aromatic rings. The molecular weight excluding hydrogens is 768 g/mol. The second-order valence-corrected chi connectivity index (χ2v) is 11.3. The Morgan fingerprint density at radius 1 is 0.737 bits per heavy atom. The van der Waals surface area contributed by atoms with E-state index < -0.39 is 103 Å². The Hall–Kier alpha value is -6.79. The fraction of sp³-hybridized carbons (Fsp3) is 0.567. The fourth-order valence-corrected chi connectivity index (χ4v) is 5.29. The highest BCUT2D eigenvalue weighted by Gasteiger charge is 2.62. The molecule has 0 aliphatic carbocycles. The van der Waals surface area contributed by atoms with Gasteiger partial charge in [-0.05, 0) is 23.2 Å². The number of rotatable bonds is 11. The molecule has 0 unspecified atom stereocenters. The first kappa shape index (κ1) is 48.2. The fourth-order valence-electron chi connectivity index (χ4n) is 5.29. The zero-order valence-corrected chi connectivity index (χ0v) is 29.5. The number of aliphatic hydroxyl groups is 1. The summed E-state index contributed by atoms with van der Waals surface area (Å²) in [4.78, 5) is 94.3. The van der Waals surface area contributed by atoms with Crippen molar-refractivity contribution in [2.75, 3.05) is 24.7 Å². The SMILES string of the molecule is C.C.CC(=O)OC[C@@]1(N=[N+]=[N-])O[C@@H](n2ccc(N)nc2=O)[C@@H](OC(C)=O)[C@@H]1OC(C)=O.CC(=O)O[C@@H]1[C@H](n2ccc(N)nc2=O)O[C@@](CO)(N=[N+]=[N-])[C@H]1OC(C)=O. The molecule has 4 heterocycles. The standard InChI is InChI=1S/C15H18N6O8.C13H16N6O7.2CH4/c1-7(22)26-6-15(19-20-17)12(28-9(3)24)11(27-8(2)23)13(29-15)21-5-4-10(16)18-14(21)25;1-6(21)24-9-10(25-7(2)22)13(5-20,17-18-15)26-11(9)19-4-3-8(14)16-12(19)23;;/h4-5,11-13H,6H2,1-3H3,(H2,16,18,25);3-4,9-11,20H,5H2,1-2H3,(H2,14,16,23);2*1H4/t11-,12-,13+,15+;9-,10-,11+,13+;;/m00../s1. The lowest BCUT2D eigenvalue weighted by atomic mass is 10.0. The van der Waals surface area contributed by atoms with Crippen molar-refractivity contribution in [3.63, 3.8) is 0 Å². The predicted octanol–water partition coefficient (Wildman–Crippen LogP) is 0.276. The van der Waals surface area contributed by atoms with Crippen LogP contribution in [0.5, 0.6) is 0 Å². The first-order valence-electron chi connectivity index (χ1n) is 15.4. The summed E-state index contributed by atoms with van der Waals surface area (Å²) < 4.78 is 38.5. The van der Waals surface area contributed by atoms with Gasteiger partial charge in [0.1, 0.15) is 18.2 Å². The number of carbonyl (C=O) groups is 5. The van der Waals surface area contributed by atoms with E-state index in [4.69, 9.17) is 55.7 Å². The highest BCUT2D eigenvalue weighted by atomic mass is 16.7. The molecule has 2 aromatic heterocycles. The third-order valence-electron chi connectivity index (χ3n) is 7.28. The number of anilines is 2. The second-order valence-electron chi connectivity index (χ2n) is 11.3. The van der Waals surface area contributed by atoms with Gasteiger partial charge < -0.3 is 49.7 Å². The molecule has 4 rings (SSSR count). The van der Waals surface area contributed by atoms with Crippen molar-refractivity contribution in [3.05, 3.63) is 66.4 Å². The van der Waals surface area contributed by atoms with Gasteiger partial charge in [-0.3, -0.25) is 33.1 Å². The summed E-state index contributed by atoms with van der Waals surface area (Å²) in [7, 11) is 0. The summed E-state index contributed by atoms with van der Waals surface area (Å²) in [6, 6.07) is 2.55. The molecule has 8 atom stereocenters. The van der Waals surface area contributed by atoms with Crippen LogP contribution in [0.1, 0.15) is 61.9 Å². The molecule has 27 heteroatoms. The van der Waals surface area contributed by atoms with E-state index in [0.29, 0.717) is 0 Å². The van der Waals surface area contributed by atoms with E-state index in [1.807, 2.05) is 0 Å². The molecular formula is C30H42N12O15. The maximum atomic E-state index is 12.3. The highest BCUT2D eigenvalue weighted by Crippen LogP contribution is 2.43. The van der Waals surface area contributed by atoms with Crippen molar-refractivity contribution in [3.8, 4) is 0 Å². The van der Waals surface area contributed by atoms with E-state index >= 15 is 0 Å². The van der Waals surface area contributed by atoms with Crippen LogP contribution in [0.15, 0.2) is 44.3 Å². The first-order valence-corrected chi connectivity index (χ1v) is 15.4. The van der Waals surface area contributed by atoms with Crippen molar-refractivity contribution >= 4 is 41.5 Å². The number of esters is 5.